The van der Waals surface area contributed by atoms with Crippen molar-refractivity contribution < 1.29 is 9.53 Å². The van der Waals surface area contributed by atoms with Gasteiger partial charge in [-0.15, -0.1) is 0 Å². The third kappa shape index (κ3) is 3.67. The molecule has 1 heterocycles. The van der Waals surface area contributed by atoms with Crippen LogP contribution in [0.4, 0.5) is 0 Å². The van der Waals surface area contributed by atoms with Crippen LogP contribution in [0.25, 0.3) is 6.08 Å². The van der Waals surface area contributed by atoms with Gasteiger partial charge in [0.15, 0.2) is 0 Å². The fourth-order valence-corrected chi connectivity index (χ4v) is 2.45. The zero-order valence-electron chi connectivity index (χ0n) is 11.8. The number of hydrogen-bond acceptors (Lipinski definition) is 2. The molecule has 1 aromatic rings. The molecule has 1 aromatic carbocycles. The smallest absolute Gasteiger partial charge is 0.249 e. The molecule has 102 valence electrons. The summed E-state index contributed by atoms with van der Waals surface area (Å²) in [5.41, 5.74) is 1.83. The molecule has 0 bridgehead atoms. The van der Waals surface area contributed by atoms with Gasteiger partial charge in [-0.05, 0) is 32.4 Å². The van der Waals surface area contributed by atoms with Crippen molar-refractivity contribution in [3.8, 4) is 0 Å². The third-order valence-corrected chi connectivity index (χ3v) is 3.23. The Bertz CT molecular complexity index is 457. The van der Waals surface area contributed by atoms with Crippen LogP contribution in [0, 0.1) is 0 Å². The van der Waals surface area contributed by atoms with Crippen molar-refractivity contribution >= 4 is 12.0 Å². The molecular formula is C16H21NO2. The Kier molecular flexibility index (Phi) is 4.38. The molecule has 3 nitrogen and oxygen atoms in total. The molecule has 0 N–H and O–H groups in total. The van der Waals surface area contributed by atoms with Gasteiger partial charge in [-0.2, -0.15) is 0 Å². The maximum Gasteiger partial charge on any atom is 0.249 e. The SMILES string of the molecule is C/C(=C/c1ccccc1)C(=O)N1C[C@@H](C)O[C@@H](C)C1. The van der Waals surface area contributed by atoms with Crippen molar-refractivity contribution in [3.63, 3.8) is 0 Å². The number of nitrogens with zero attached hydrogens (tertiary/aromatic N) is 1. The van der Waals surface area contributed by atoms with Crippen molar-refractivity contribution in [2.24, 2.45) is 0 Å². The molecule has 1 aliphatic heterocycles. The highest BCUT2D eigenvalue weighted by atomic mass is 16.5. The lowest BCUT2D eigenvalue weighted by molar-refractivity contribution is -0.139. The number of ether oxygens (including phenoxy) is 1. The van der Waals surface area contributed by atoms with E-state index in [0.717, 1.165) is 11.1 Å². The average Bonchev–Trinajstić information content (AvgIpc) is 2.37. The average molecular weight is 259 g/mol. The molecule has 1 saturated heterocycles. The first kappa shape index (κ1) is 13.8. The van der Waals surface area contributed by atoms with Crippen LogP contribution in [0.2, 0.25) is 0 Å². The summed E-state index contributed by atoms with van der Waals surface area (Å²) in [4.78, 5) is 14.3. The molecule has 0 aliphatic carbocycles. The Labute approximate surface area is 114 Å². The monoisotopic (exact) mass is 259 g/mol. The van der Waals surface area contributed by atoms with Crippen LogP contribution in [-0.2, 0) is 9.53 Å². The van der Waals surface area contributed by atoms with Crippen LogP contribution in [0.5, 0.6) is 0 Å². The van der Waals surface area contributed by atoms with E-state index in [4.69, 9.17) is 4.74 Å². The molecule has 1 aliphatic rings. The first-order valence-electron chi connectivity index (χ1n) is 6.74. The molecule has 0 aromatic heterocycles. The predicted molar refractivity (Wildman–Crippen MR) is 76.7 cm³/mol. The molecule has 1 amide bonds. The Morgan fingerprint density at radius 3 is 2.37 bits per heavy atom. The van der Waals surface area contributed by atoms with E-state index in [0.29, 0.717) is 13.1 Å². The number of carbonyl (C=O) groups excluding carboxylic acids is 1. The Balaban J connectivity index is 2.09. The molecular weight excluding hydrogens is 238 g/mol. The molecule has 0 spiro atoms. The minimum Gasteiger partial charge on any atom is -0.372 e. The number of benzene rings is 1. The normalized spacial score (nSPS) is 24.4. The van der Waals surface area contributed by atoms with Crippen molar-refractivity contribution in [3.05, 3.63) is 41.5 Å². The fourth-order valence-electron chi connectivity index (χ4n) is 2.45. The van der Waals surface area contributed by atoms with Gasteiger partial charge in [-0.25, -0.2) is 0 Å². The van der Waals surface area contributed by atoms with E-state index in [9.17, 15) is 4.79 Å². The molecule has 3 heteroatoms. The Morgan fingerprint density at radius 2 is 1.79 bits per heavy atom. The predicted octanol–water partition coefficient (Wildman–Crippen LogP) is 2.73. The lowest BCUT2D eigenvalue weighted by atomic mass is 10.1. The van der Waals surface area contributed by atoms with Gasteiger partial charge in [0.05, 0.1) is 12.2 Å². The lowest BCUT2D eigenvalue weighted by Gasteiger charge is -2.35. The summed E-state index contributed by atoms with van der Waals surface area (Å²) >= 11 is 0. The lowest BCUT2D eigenvalue weighted by Crippen LogP contribution is -2.48. The summed E-state index contributed by atoms with van der Waals surface area (Å²) in [5, 5.41) is 0. The third-order valence-electron chi connectivity index (χ3n) is 3.23. The molecule has 2 rings (SSSR count). The van der Waals surface area contributed by atoms with Gasteiger partial charge in [0.25, 0.3) is 0 Å². The summed E-state index contributed by atoms with van der Waals surface area (Å²) in [6, 6.07) is 9.92. The van der Waals surface area contributed by atoms with Crippen LogP contribution in [0.3, 0.4) is 0 Å². The largest absolute Gasteiger partial charge is 0.372 e. The number of morpholine rings is 1. The fraction of sp³-hybridized carbons (Fsp3) is 0.438. The van der Waals surface area contributed by atoms with Crippen molar-refractivity contribution in [1.82, 2.24) is 4.90 Å². The van der Waals surface area contributed by atoms with E-state index >= 15 is 0 Å². The number of amides is 1. The molecule has 0 radical (unpaired) electrons. The minimum atomic E-state index is 0.103. The first-order chi connectivity index (χ1) is 9.06. The van der Waals surface area contributed by atoms with Gasteiger partial charge in [-0.3, -0.25) is 4.79 Å². The van der Waals surface area contributed by atoms with E-state index in [1.165, 1.54) is 0 Å². The van der Waals surface area contributed by atoms with E-state index in [1.54, 1.807) is 0 Å². The van der Waals surface area contributed by atoms with Crippen LogP contribution in [-0.4, -0.2) is 36.1 Å². The van der Waals surface area contributed by atoms with Crippen LogP contribution in [0.15, 0.2) is 35.9 Å². The van der Waals surface area contributed by atoms with Crippen molar-refractivity contribution in [2.45, 2.75) is 33.0 Å². The number of hydrogen-bond donors (Lipinski definition) is 0. The summed E-state index contributed by atoms with van der Waals surface area (Å²) in [5.74, 6) is 0.103. The van der Waals surface area contributed by atoms with E-state index in [1.807, 2.05) is 62.1 Å². The maximum absolute atomic E-state index is 12.4. The van der Waals surface area contributed by atoms with Gasteiger partial charge in [-0.1, -0.05) is 30.3 Å². The van der Waals surface area contributed by atoms with Gasteiger partial charge < -0.3 is 9.64 Å². The second kappa shape index (κ2) is 6.02. The zero-order valence-corrected chi connectivity index (χ0v) is 11.8. The van der Waals surface area contributed by atoms with Crippen LogP contribution >= 0.6 is 0 Å². The van der Waals surface area contributed by atoms with Gasteiger partial charge in [0.2, 0.25) is 5.91 Å². The highest BCUT2D eigenvalue weighted by Crippen LogP contribution is 2.15. The second-order valence-electron chi connectivity index (χ2n) is 5.21. The molecule has 0 unspecified atom stereocenters. The molecule has 1 fully saturated rings. The number of rotatable bonds is 2. The molecule has 2 atom stereocenters. The summed E-state index contributed by atoms with van der Waals surface area (Å²) < 4.78 is 5.65. The topological polar surface area (TPSA) is 29.5 Å². The van der Waals surface area contributed by atoms with Gasteiger partial charge in [0.1, 0.15) is 0 Å². The van der Waals surface area contributed by atoms with Crippen molar-refractivity contribution in [2.75, 3.05) is 13.1 Å². The number of carbonyl (C=O) groups is 1. The van der Waals surface area contributed by atoms with E-state index in [-0.39, 0.29) is 18.1 Å². The zero-order chi connectivity index (χ0) is 13.8. The summed E-state index contributed by atoms with van der Waals surface area (Å²) in [6.45, 7) is 7.23. The van der Waals surface area contributed by atoms with Gasteiger partial charge in [0, 0.05) is 18.7 Å². The van der Waals surface area contributed by atoms with Crippen LogP contribution < -0.4 is 0 Å². The highest BCUT2D eigenvalue weighted by molar-refractivity contribution is 5.97. The van der Waals surface area contributed by atoms with E-state index in [2.05, 4.69) is 0 Å². The minimum absolute atomic E-state index is 0.103. The molecule has 0 saturated carbocycles. The standard InChI is InChI=1S/C16H21NO2/c1-12(9-15-7-5-4-6-8-15)16(18)17-10-13(2)19-14(3)11-17/h4-9,13-14H,10-11H2,1-3H3/b12-9-/t13-,14+. The highest BCUT2D eigenvalue weighted by Gasteiger charge is 2.26. The first-order valence-corrected chi connectivity index (χ1v) is 6.74. The van der Waals surface area contributed by atoms with Crippen LogP contribution in [0.1, 0.15) is 26.3 Å². The Hall–Kier alpha value is -1.61. The summed E-state index contributed by atoms with van der Waals surface area (Å²) in [6.07, 6.45) is 2.15. The maximum atomic E-state index is 12.4. The second-order valence-corrected chi connectivity index (χ2v) is 5.21. The van der Waals surface area contributed by atoms with Crippen molar-refractivity contribution in [1.29, 1.82) is 0 Å². The quantitative estimate of drug-likeness (QED) is 0.764. The summed E-state index contributed by atoms with van der Waals surface area (Å²) in [7, 11) is 0. The molecule has 19 heavy (non-hydrogen) atoms. The van der Waals surface area contributed by atoms with Gasteiger partial charge >= 0.3 is 0 Å². The Morgan fingerprint density at radius 1 is 1.21 bits per heavy atom. The van der Waals surface area contributed by atoms with E-state index < -0.39 is 0 Å².